The summed E-state index contributed by atoms with van der Waals surface area (Å²) >= 11 is 0. The third-order valence-corrected chi connectivity index (χ3v) is 6.12. The second-order valence-corrected chi connectivity index (χ2v) is 8.76. The molecule has 3 aromatic carbocycles. The zero-order chi connectivity index (χ0) is 25.1. The molecule has 8 heteroatoms. The molecule has 5 rings (SSSR count). The van der Waals surface area contributed by atoms with Gasteiger partial charge in [0.15, 0.2) is 0 Å². The van der Waals surface area contributed by atoms with E-state index in [2.05, 4.69) is 89.3 Å². The quantitative estimate of drug-likeness (QED) is 0.410. The highest BCUT2D eigenvalue weighted by atomic mass is 16.5. The molecule has 4 aromatic rings. The molecule has 1 aliphatic heterocycles. The molecule has 1 amide bonds. The molecule has 0 bridgehead atoms. The van der Waals surface area contributed by atoms with Gasteiger partial charge in [-0.1, -0.05) is 76.9 Å². The number of carbonyl (C=O) groups is 1. The summed E-state index contributed by atoms with van der Waals surface area (Å²) in [6.45, 7) is 6.56. The van der Waals surface area contributed by atoms with Crippen molar-refractivity contribution in [1.82, 2.24) is 20.2 Å². The van der Waals surface area contributed by atoms with E-state index in [4.69, 9.17) is 4.74 Å². The number of amides is 1. The summed E-state index contributed by atoms with van der Waals surface area (Å²) in [4.78, 5) is 15.1. The molecule has 182 valence electrons. The number of tetrazole rings is 1. The van der Waals surface area contributed by atoms with Gasteiger partial charge in [0, 0.05) is 0 Å². The zero-order valence-electron chi connectivity index (χ0n) is 20.5. The maximum absolute atomic E-state index is 13.3. The number of aromatic nitrogens is 4. The summed E-state index contributed by atoms with van der Waals surface area (Å²) in [7, 11) is 0. The van der Waals surface area contributed by atoms with Gasteiger partial charge < -0.3 is 10.1 Å². The molecule has 2 heterocycles. The predicted octanol–water partition coefficient (Wildman–Crippen LogP) is 4.78. The molecule has 0 aliphatic carbocycles. The van der Waals surface area contributed by atoms with Crippen LogP contribution in [0.3, 0.4) is 0 Å². The number of nitrogens with one attached hydrogen (secondary N) is 1. The first-order chi connectivity index (χ1) is 17.5. The van der Waals surface area contributed by atoms with Crippen LogP contribution in [0.2, 0.25) is 0 Å². The smallest absolute Gasteiger partial charge is 0.251 e. The number of hydrogen-bond donors (Lipinski definition) is 1. The number of carbonyl (C=O) groups excluding carboxylic acids is 1. The van der Waals surface area contributed by atoms with E-state index in [0.29, 0.717) is 24.0 Å². The summed E-state index contributed by atoms with van der Waals surface area (Å²) in [6.07, 6.45) is 2.11. The minimum atomic E-state index is -0.205. The molecule has 8 nitrogen and oxygen atoms in total. The average Bonchev–Trinajstić information content (AvgIpc) is 3.37. The highest BCUT2D eigenvalue weighted by molar-refractivity contribution is 5.98. The van der Waals surface area contributed by atoms with Crippen LogP contribution in [-0.2, 0) is 4.79 Å². The van der Waals surface area contributed by atoms with Gasteiger partial charge in [-0.2, -0.15) is 4.68 Å². The molecule has 36 heavy (non-hydrogen) atoms. The van der Waals surface area contributed by atoms with E-state index in [9.17, 15) is 4.79 Å². The van der Waals surface area contributed by atoms with Gasteiger partial charge in [0.2, 0.25) is 5.91 Å². The second kappa shape index (κ2) is 10.0. The zero-order valence-corrected chi connectivity index (χ0v) is 20.5. The van der Waals surface area contributed by atoms with Crippen molar-refractivity contribution in [3.63, 3.8) is 0 Å². The van der Waals surface area contributed by atoms with E-state index in [0.717, 1.165) is 22.4 Å². The van der Waals surface area contributed by atoms with E-state index >= 15 is 0 Å². The Labute approximate surface area is 210 Å². The van der Waals surface area contributed by atoms with E-state index in [1.807, 2.05) is 36.1 Å². The van der Waals surface area contributed by atoms with Crippen molar-refractivity contribution < 1.29 is 9.53 Å². The number of rotatable bonds is 7. The first-order valence-corrected chi connectivity index (χ1v) is 12.0. The Hall–Kier alpha value is -4.46. The number of allylic oxidation sites excluding steroid dienone is 1. The van der Waals surface area contributed by atoms with Crippen molar-refractivity contribution in [2.45, 2.75) is 26.8 Å². The Kier molecular flexibility index (Phi) is 6.49. The average molecular weight is 481 g/mol. The SMILES string of the molecule is CCOc1ccccc1NC(=O)CN1C(c2ccc(C)cc2)=C[C@H](c2ccc(C)cc2)n2nnnc21. The summed E-state index contributed by atoms with van der Waals surface area (Å²) in [5, 5.41) is 15.5. The van der Waals surface area contributed by atoms with E-state index in [1.54, 1.807) is 4.68 Å². The van der Waals surface area contributed by atoms with Gasteiger partial charge in [-0.25, -0.2) is 0 Å². The molecular weight excluding hydrogens is 452 g/mol. The van der Waals surface area contributed by atoms with Crippen LogP contribution < -0.4 is 15.0 Å². The Morgan fingerprint density at radius 2 is 1.67 bits per heavy atom. The molecule has 1 aromatic heterocycles. The number of anilines is 2. The maximum atomic E-state index is 13.3. The largest absolute Gasteiger partial charge is 0.492 e. The fourth-order valence-corrected chi connectivity index (χ4v) is 4.28. The van der Waals surface area contributed by atoms with Crippen LogP contribution in [-0.4, -0.2) is 39.3 Å². The summed E-state index contributed by atoms with van der Waals surface area (Å²) in [5.74, 6) is 0.931. The summed E-state index contributed by atoms with van der Waals surface area (Å²) in [5.41, 5.74) is 5.88. The lowest BCUT2D eigenvalue weighted by Crippen LogP contribution is -2.37. The lowest BCUT2D eigenvalue weighted by Gasteiger charge is -2.32. The lowest BCUT2D eigenvalue weighted by atomic mass is 9.99. The molecular formula is C28H28N6O2. The van der Waals surface area contributed by atoms with Crippen LogP contribution in [0, 0.1) is 13.8 Å². The van der Waals surface area contributed by atoms with Crippen LogP contribution in [0.15, 0.2) is 78.9 Å². The minimum absolute atomic E-state index is 0.0289. The number of ether oxygens (including phenoxy) is 1. The van der Waals surface area contributed by atoms with Gasteiger partial charge in [0.1, 0.15) is 18.3 Å². The van der Waals surface area contributed by atoms with Crippen molar-refractivity contribution >= 4 is 23.2 Å². The molecule has 0 unspecified atom stereocenters. The van der Waals surface area contributed by atoms with Gasteiger partial charge >= 0.3 is 0 Å². The van der Waals surface area contributed by atoms with Crippen LogP contribution in [0.5, 0.6) is 5.75 Å². The third-order valence-electron chi connectivity index (χ3n) is 6.12. The monoisotopic (exact) mass is 480 g/mol. The summed E-state index contributed by atoms with van der Waals surface area (Å²) < 4.78 is 7.42. The molecule has 1 atom stereocenters. The maximum Gasteiger partial charge on any atom is 0.251 e. The Morgan fingerprint density at radius 3 is 2.39 bits per heavy atom. The number of fused-ring (bicyclic) bond motifs is 1. The molecule has 0 saturated heterocycles. The Bertz CT molecular complexity index is 1390. The molecule has 0 saturated carbocycles. The fraction of sp³-hybridized carbons (Fsp3) is 0.214. The van der Waals surface area contributed by atoms with Crippen LogP contribution >= 0.6 is 0 Å². The van der Waals surface area contributed by atoms with Crippen molar-refractivity contribution in [2.75, 3.05) is 23.4 Å². The molecule has 1 aliphatic rings. The third kappa shape index (κ3) is 4.70. The first-order valence-electron chi connectivity index (χ1n) is 12.0. The van der Waals surface area contributed by atoms with Crippen molar-refractivity contribution in [3.05, 3.63) is 101 Å². The van der Waals surface area contributed by atoms with Crippen molar-refractivity contribution in [3.8, 4) is 5.75 Å². The van der Waals surface area contributed by atoms with E-state index < -0.39 is 0 Å². The standard InChI is InChI=1S/C28H28N6O2/c1-4-36-26-8-6-5-7-23(26)29-27(35)18-33-24(21-13-9-19(2)10-14-21)17-25(34-28(33)30-31-32-34)22-15-11-20(3)12-16-22/h5-17,25H,4,18H2,1-3H3,(H,29,35)/t25-/m1/s1. The Balaban J connectivity index is 1.52. The van der Waals surface area contributed by atoms with Crippen LogP contribution in [0.1, 0.15) is 35.2 Å². The topological polar surface area (TPSA) is 85.2 Å². The number of benzene rings is 3. The van der Waals surface area contributed by atoms with Gasteiger partial charge in [-0.05, 0) is 60.5 Å². The lowest BCUT2D eigenvalue weighted by molar-refractivity contribution is -0.114. The van der Waals surface area contributed by atoms with Gasteiger partial charge in [-0.15, -0.1) is 0 Å². The molecule has 0 spiro atoms. The van der Waals surface area contributed by atoms with Crippen LogP contribution in [0.25, 0.3) is 5.70 Å². The number of nitrogens with zero attached hydrogens (tertiary/aromatic N) is 5. The van der Waals surface area contributed by atoms with Crippen LogP contribution in [0.4, 0.5) is 11.6 Å². The van der Waals surface area contributed by atoms with E-state index in [1.165, 1.54) is 5.56 Å². The number of para-hydroxylation sites is 2. The number of hydrogen-bond acceptors (Lipinski definition) is 6. The van der Waals surface area contributed by atoms with E-state index in [-0.39, 0.29) is 18.5 Å². The fourth-order valence-electron chi connectivity index (χ4n) is 4.28. The highest BCUT2D eigenvalue weighted by Crippen LogP contribution is 2.36. The normalized spacial score (nSPS) is 14.7. The number of aryl methyl sites for hydroxylation is 2. The molecule has 0 radical (unpaired) electrons. The summed E-state index contributed by atoms with van der Waals surface area (Å²) in [6, 6.07) is 23.8. The first kappa shape index (κ1) is 23.3. The van der Waals surface area contributed by atoms with Gasteiger partial charge in [-0.3, -0.25) is 9.69 Å². The second-order valence-electron chi connectivity index (χ2n) is 8.76. The minimum Gasteiger partial charge on any atom is -0.492 e. The van der Waals surface area contributed by atoms with Crippen molar-refractivity contribution in [1.29, 1.82) is 0 Å². The van der Waals surface area contributed by atoms with Gasteiger partial charge in [0.05, 0.1) is 18.0 Å². The molecule has 1 N–H and O–H groups in total. The van der Waals surface area contributed by atoms with Gasteiger partial charge in [0.25, 0.3) is 5.95 Å². The predicted molar refractivity (Wildman–Crippen MR) is 140 cm³/mol. The van der Waals surface area contributed by atoms with Crippen molar-refractivity contribution in [2.24, 2.45) is 0 Å². The molecule has 0 fully saturated rings. The Morgan fingerprint density at radius 1 is 0.972 bits per heavy atom. The highest BCUT2D eigenvalue weighted by Gasteiger charge is 2.32.